The topological polar surface area (TPSA) is 9.72 Å². The molecule has 19 heavy (non-hydrogen) atoms. The zero-order chi connectivity index (χ0) is 14.5. The fourth-order valence-corrected chi connectivity index (χ4v) is 29.3. The van der Waals surface area contributed by atoms with Gasteiger partial charge < -0.3 is 9.13 Å². The van der Waals surface area contributed by atoms with E-state index in [9.17, 15) is 0 Å². The first kappa shape index (κ1) is 20.8. The van der Waals surface area contributed by atoms with Crippen LogP contribution >= 0.6 is 0 Å². The normalized spacial score (nSPS) is 16.3. The lowest BCUT2D eigenvalue weighted by Crippen LogP contribution is -2.50. The van der Waals surface area contributed by atoms with E-state index in [0.29, 0.717) is 34.7 Å². The van der Waals surface area contributed by atoms with E-state index in [2.05, 4.69) is 27.9 Å². The summed E-state index contributed by atoms with van der Waals surface area (Å²) in [7, 11) is 7.06. The Balaban J connectivity index is 4.26. The van der Waals surface area contributed by atoms with E-state index in [1.807, 2.05) is 0 Å². The Hall–Kier alpha value is 1.83. The molecule has 0 radical (unpaired) electrons. The second kappa shape index (κ2) is 14.8. The maximum Gasteiger partial charge on any atom is 0.0791 e. The standard InChI is InChI=1S/C7H37N3Si9/c1-3-8(7-14-17-11)5-10(16-19-13)6-9(4-2)15-18-12/h3-7,14-19H2,1-2,11-13H3. The summed E-state index contributed by atoms with van der Waals surface area (Å²) in [5.41, 5.74) is 0. The predicted molar refractivity (Wildman–Crippen MR) is 122 cm³/mol. The maximum absolute atomic E-state index is 2.97. The fraction of sp³-hybridized carbons (Fsp3) is 1.00. The first-order valence-electron chi connectivity index (χ1n) is 8.38. The minimum absolute atomic E-state index is 0.226. The van der Waals surface area contributed by atoms with Crippen LogP contribution in [0.25, 0.3) is 0 Å². The Kier molecular flexibility index (Phi) is 16.2. The van der Waals surface area contributed by atoms with Gasteiger partial charge >= 0.3 is 0 Å². The van der Waals surface area contributed by atoms with E-state index in [4.69, 9.17) is 0 Å². The summed E-state index contributed by atoms with van der Waals surface area (Å²) in [6.07, 6.45) is 1.55. The van der Waals surface area contributed by atoms with Crippen LogP contribution in [0.5, 0.6) is 0 Å². The van der Waals surface area contributed by atoms with Gasteiger partial charge in [-0.3, -0.25) is 4.90 Å². The van der Waals surface area contributed by atoms with E-state index in [1.54, 1.807) is 35.4 Å². The van der Waals surface area contributed by atoms with Crippen molar-refractivity contribution < 1.29 is 0 Å². The fourth-order valence-electron chi connectivity index (χ4n) is 2.42. The van der Waals surface area contributed by atoms with Gasteiger partial charge in [-0.25, -0.2) is 0 Å². The van der Waals surface area contributed by atoms with Gasteiger partial charge in [0.1, 0.15) is 0 Å². The summed E-state index contributed by atoms with van der Waals surface area (Å²) in [5, 5.41) is 0. The summed E-state index contributed by atoms with van der Waals surface area (Å²) in [6.45, 7) is 10.2. The van der Waals surface area contributed by atoms with Crippen LogP contribution in [0, 0.1) is 0 Å². The monoisotopic (exact) mass is 415 g/mol. The van der Waals surface area contributed by atoms with Gasteiger partial charge in [0.2, 0.25) is 0 Å². The van der Waals surface area contributed by atoms with Gasteiger partial charge in [0, 0.05) is 39.5 Å². The van der Waals surface area contributed by atoms with Crippen LogP contribution in [0.1, 0.15) is 13.8 Å². The molecule has 0 fully saturated rings. The van der Waals surface area contributed by atoms with Crippen LogP contribution in [-0.2, 0) is 0 Å². The Morgan fingerprint density at radius 2 is 1.42 bits per heavy atom. The smallest absolute Gasteiger partial charge is 0.0791 e. The molecule has 0 unspecified atom stereocenters. The van der Waals surface area contributed by atoms with Gasteiger partial charge in [-0.1, -0.05) is 13.8 Å². The third kappa shape index (κ3) is 11.1. The third-order valence-corrected chi connectivity index (χ3v) is 32.4. The maximum atomic E-state index is 2.97. The van der Waals surface area contributed by atoms with E-state index in [-0.39, 0.29) is 18.4 Å². The molecule has 0 spiro atoms. The van der Waals surface area contributed by atoms with Crippen molar-refractivity contribution in [1.29, 1.82) is 0 Å². The van der Waals surface area contributed by atoms with E-state index in [0.717, 1.165) is 0 Å². The van der Waals surface area contributed by atoms with Crippen LogP contribution in [0.3, 0.4) is 0 Å². The van der Waals surface area contributed by atoms with Crippen molar-refractivity contribution in [3.05, 3.63) is 0 Å². The van der Waals surface area contributed by atoms with Crippen LogP contribution in [0.4, 0.5) is 0 Å². The number of hydrogen-bond acceptors (Lipinski definition) is 3. The Morgan fingerprint density at radius 3 is 1.89 bits per heavy atom. The first-order chi connectivity index (χ1) is 9.21. The van der Waals surface area contributed by atoms with Crippen LogP contribution in [-0.4, -0.2) is 129 Å². The highest BCUT2D eigenvalue weighted by atomic mass is 29.5. The molecule has 0 saturated heterocycles. The molecule has 0 aromatic heterocycles. The number of rotatable bonds is 13. The molecule has 0 aromatic carbocycles. The molecule has 0 aromatic rings. The lowest BCUT2D eigenvalue weighted by atomic mass is 10.6. The van der Waals surface area contributed by atoms with E-state index in [1.165, 1.54) is 26.4 Å². The highest BCUT2D eigenvalue weighted by molar-refractivity contribution is 7.24. The summed E-state index contributed by atoms with van der Waals surface area (Å²) in [5.74, 6) is 0. The summed E-state index contributed by atoms with van der Waals surface area (Å²) in [4.78, 5) is 2.81. The molecule has 12 heteroatoms. The van der Waals surface area contributed by atoms with Gasteiger partial charge in [0.25, 0.3) is 0 Å². The predicted octanol–water partition coefficient (Wildman–Crippen LogP) is -8.77. The van der Waals surface area contributed by atoms with Crippen molar-refractivity contribution in [2.75, 3.05) is 32.6 Å². The quantitative estimate of drug-likeness (QED) is 0.218. The first-order valence-corrected chi connectivity index (χ1v) is 39.6. The van der Waals surface area contributed by atoms with Crippen molar-refractivity contribution in [3.63, 3.8) is 0 Å². The largest absolute Gasteiger partial charge is 0.321 e. The minimum atomic E-state index is 0.226. The van der Waals surface area contributed by atoms with Gasteiger partial charge in [0.05, 0.1) is 18.4 Å². The summed E-state index contributed by atoms with van der Waals surface area (Å²) in [6, 6.07) is 0. The van der Waals surface area contributed by atoms with Gasteiger partial charge in [-0.05, 0) is 57.1 Å². The highest BCUT2D eigenvalue weighted by Crippen LogP contribution is 1.95. The molecule has 116 valence electrons. The van der Waals surface area contributed by atoms with Crippen molar-refractivity contribution in [3.8, 4) is 0 Å². The second-order valence-corrected chi connectivity index (χ2v) is 53.1. The molecule has 0 amide bonds. The average Bonchev–Trinajstić information content (AvgIpc) is 2.42. The van der Waals surface area contributed by atoms with Gasteiger partial charge in [-0.15, -0.1) is 0 Å². The molecular formula is C7H37N3Si9. The van der Waals surface area contributed by atoms with E-state index >= 15 is 0 Å². The highest BCUT2D eigenvalue weighted by Gasteiger charge is 2.12. The zero-order valence-electron chi connectivity index (χ0n) is 14.1. The molecule has 0 aliphatic carbocycles. The summed E-state index contributed by atoms with van der Waals surface area (Å²) >= 11 is 0. The summed E-state index contributed by atoms with van der Waals surface area (Å²) < 4.78 is 5.86. The lowest BCUT2D eigenvalue weighted by Gasteiger charge is -2.34. The van der Waals surface area contributed by atoms with Crippen molar-refractivity contribution in [2.45, 2.75) is 13.8 Å². The minimum Gasteiger partial charge on any atom is -0.321 e. The van der Waals surface area contributed by atoms with E-state index < -0.39 is 0 Å². The van der Waals surface area contributed by atoms with Crippen molar-refractivity contribution in [1.82, 2.24) is 14.0 Å². The Bertz CT molecular complexity index is 201. The molecule has 0 rings (SSSR count). The third-order valence-electron chi connectivity index (χ3n) is 3.60. The molecule has 0 N–H and O–H groups in total. The van der Waals surface area contributed by atoms with Gasteiger partial charge in [0.15, 0.2) is 0 Å². The van der Waals surface area contributed by atoms with Crippen LogP contribution < -0.4 is 0 Å². The van der Waals surface area contributed by atoms with Gasteiger partial charge in [-0.2, -0.15) is 0 Å². The Morgan fingerprint density at radius 1 is 0.789 bits per heavy atom. The molecule has 0 aliphatic heterocycles. The molecular weight excluding hydrogens is 379 g/mol. The SMILES string of the molecule is CCN(C[SiH2][SiH2][SiH3])CN(CN(CC)[SiH2][SiH2][SiH3])[SiH2][SiH2][SiH3]. The van der Waals surface area contributed by atoms with Crippen molar-refractivity contribution in [2.24, 2.45) is 0 Å². The molecule has 3 nitrogen and oxygen atoms in total. The lowest BCUT2D eigenvalue weighted by molar-refractivity contribution is 0.195. The molecule has 0 bridgehead atoms. The Labute approximate surface area is 142 Å². The molecule has 0 atom stereocenters. The van der Waals surface area contributed by atoms with Crippen LogP contribution in [0.15, 0.2) is 0 Å². The van der Waals surface area contributed by atoms with Crippen molar-refractivity contribution >= 4 is 82.4 Å². The second-order valence-electron chi connectivity index (χ2n) is 5.45. The average molecular weight is 416 g/mol. The molecule has 0 heterocycles. The zero-order valence-corrected chi connectivity index (χ0v) is 28.6. The number of nitrogens with zero attached hydrogens (tertiary/aromatic N) is 3. The van der Waals surface area contributed by atoms with Crippen LogP contribution in [0.2, 0.25) is 0 Å². The molecule has 0 saturated carbocycles. The molecule has 0 aliphatic rings. The number of hydrogen-bond donors (Lipinski definition) is 0.